The van der Waals surface area contributed by atoms with E-state index in [1.54, 1.807) is 12.3 Å². The number of hydrogen-bond donors (Lipinski definition) is 1. The first-order valence-corrected chi connectivity index (χ1v) is 4.01. The van der Waals surface area contributed by atoms with Crippen LogP contribution in [-0.2, 0) is 11.2 Å². The van der Waals surface area contributed by atoms with Crippen molar-refractivity contribution in [1.29, 1.82) is 0 Å². The van der Waals surface area contributed by atoms with Crippen molar-refractivity contribution in [2.45, 2.75) is 6.42 Å². The first-order chi connectivity index (χ1) is 6.27. The summed E-state index contributed by atoms with van der Waals surface area (Å²) in [4.78, 5) is 14.9. The number of pyridine rings is 1. The van der Waals surface area contributed by atoms with Gasteiger partial charge in [-0.1, -0.05) is 0 Å². The zero-order valence-electron chi connectivity index (χ0n) is 8.30. The predicted molar refractivity (Wildman–Crippen MR) is 62.8 cm³/mol. The SMILES string of the molecule is COC(=O)c1cc(CCN)ccn1.Cl.Cl. The van der Waals surface area contributed by atoms with E-state index in [9.17, 15) is 4.79 Å². The molecule has 0 saturated heterocycles. The Hall–Kier alpha value is -0.840. The maximum Gasteiger partial charge on any atom is 0.356 e. The molecule has 1 heterocycles. The van der Waals surface area contributed by atoms with E-state index in [1.807, 2.05) is 6.07 Å². The van der Waals surface area contributed by atoms with Gasteiger partial charge in [0.05, 0.1) is 7.11 Å². The molecule has 0 fully saturated rings. The van der Waals surface area contributed by atoms with Gasteiger partial charge in [0.25, 0.3) is 0 Å². The third kappa shape index (κ3) is 4.97. The molecule has 6 heteroatoms. The van der Waals surface area contributed by atoms with E-state index >= 15 is 0 Å². The lowest BCUT2D eigenvalue weighted by atomic mass is 10.2. The van der Waals surface area contributed by atoms with Gasteiger partial charge in [0.1, 0.15) is 5.69 Å². The first-order valence-electron chi connectivity index (χ1n) is 4.01. The Morgan fingerprint density at radius 3 is 2.73 bits per heavy atom. The fourth-order valence-corrected chi connectivity index (χ4v) is 1.01. The maximum atomic E-state index is 11.1. The molecule has 0 radical (unpaired) electrons. The summed E-state index contributed by atoms with van der Waals surface area (Å²) in [5, 5.41) is 0. The Morgan fingerprint density at radius 2 is 2.20 bits per heavy atom. The van der Waals surface area contributed by atoms with Crippen LogP contribution in [0.25, 0.3) is 0 Å². The van der Waals surface area contributed by atoms with Gasteiger partial charge in [-0.25, -0.2) is 9.78 Å². The number of halogens is 2. The van der Waals surface area contributed by atoms with Crippen molar-refractivity contribution >= 4 is 30.8 Å². The zero-order chi connectivity index (χ0) is 9.68. The number of carbonyl (C=O) groups is 1. The molecule has 15 heavy (non-hydrogen) atoms. The van der Waals surface area contributed by atoms with Gasteiger partial charge in [0, 0.05) is 6.20 Å². The number of carbonyl (C=O) groups excluding carboxylic acids is 1. The maximum absolute atomic E-state index is 11.1. The largest absolute Gasteiger partial charge is 0.464 e. The molecule has 0 aromatic carbocycles. The van der Waals surface area contributed by atoms with E-state index < -0.39 is 5.97 Å². The quantitative estimate of drug-likeness (QED) is 0.822. The highest BCUT2D eigenvalue weighted by Crippen LogP contribution is 2.03. The number of nitrogens with zero attached hydrogens (tertiary/aromatic N) is 1. The minimum absolute atomic E-state index is 0. The van der Waals surface area contributed by atoms with Crippen molar-refractivity contribution in [2.24, 2.45) is 5.73 Å². The van der Waals surface area contributed by atoms with E-state index in [2.05, 4.69) is 9.72 Å². The molecular formula is C9H14Cl2N2O2. The molecule has 0 aliphatic heterocycles. The highest BCUT2D eigenvalue weighted by atomic mass is 35.5. The second kappa shape index (κ2) is 8.47. The summed E-state index contributed by atoms with van der Waals surface area (Å²) < 4.78 is 4.54. The molecule has 0 aliphatic carbocycles. The molecule has 1 rings (SSSR count). The summed E-state index contributed by atoms with van der Waals surface area (Å²) in [5.41, 5.74) is 6.71. The number of nitrogens with two attached hydrogens (primary N) is 1. The van der Waals surface area contributed by atoms with Crippen LogP contribution in [0, 0.1) is 0 Å². The van der Waals surface area contributed by atoms with Crippen LogP contribution < -0.4 is 5.73 Å². The van der Waals surface area contributed by atoms with Gasteiger partial charge in [-0.2, -0.15) is 0 Å². The standard InChI is InChI=1S/C9H12N2O2.2ClH/c1-13-9(12)8-6-7(2-4-10)3-5-11-8;;/h3,5-6H,2,4,10H2,1H3;2*1H. The smallest absolute Gasteiger partial charge is 0.356 e. The summed E-state index contributed by atoms with van der Waals surface area (Å²) >= 11 is 0. The molecule has 1 aromatic rings. The molecule has 0 amide bonds. The molecule has 0 spiro atoms. The molecule has 4 nitrogen and oxygen atoms in total. The van der Waals surface area contributed by atoms with Crippen molar-refractivity contribution in [3.63, 3.8) is 0 Å². The van der Waals surface area contributed by atoms with Crippen LogP contribution in [0.1, 0.15) is 16.1 Å². The Bertz CT molecular complexity index is 308. The van der Waals surface area contributed by atoms with Crippen molar-refractivity contribution < 1.29 is 9.53 Å². The van der Waals surface area contributed by atoms with Crippen LogP contribution in [0.4, 0.5) is 0 Å². The molecule has 1 aromatic heterocycles. The fraction of sp³-hybridized carbons (Fsp3) is 0.333. The molecule has 0 saturated carbocycles. The molecule has 86 valence electrons. The first kappa shape index (κ1) is 16.6. The molecular weight excluding hydrogens is 239 g/mol. The van der Waals surface area contributed by atoms with Gasteiger partial charge in [-0.05, 0) is 30.7 Å². The monoisotopic (exact) mass is 252 g/mol. The molecule has 0 aliphatic rings. The fourth-order valence-electron chi connectivity index (χ4n) is 1.01. The molecule has 0 bridgehead atoms. The van der Waals surface area contributed by atoms with Crippen LogP contribution >= 0.6 is 24.8 Å². The number of aromatic nitrogens is 1. The van der Waals surface area contributed by atoms with Gasteiger partial charge in [0.2, 0.25) is 0 Å². The summed E-state index contributed by atoms with van der Waals surface area (Å²) in [6.45, 7) is 0.560. The number of ether oxygens (including phenoxy) is 1. The molecule has 0 unspecified atom stereocenters. The van der Waals surface area contributed by atoms with E-state index in [4.69, 9.17) is 5.73 Å². The van der Waals surface area contributed by atoms with E-state index in [1.165, 1.54) is 7.11 Å². The normalized spacial score (nSPS) is 8.40. The number of hydrogen-bond acceptors (Lipinski definition) is 4. The Kier molecular flexibility index (Phi) is 9.36. The summed E-state index contributed by atoms with van der Waals surface area (Å²) in [5.74, 6) is -0.418. The number of methoxy groups -OCH3 is 1. The van der Waals surface area contributed by atoms with Crippen molar-refractivity contribution in [3.8, 4) is 0 Å². The Balaban J connectivity index is 0. The van der Waals surface area contributed by atoms with Gasteiger partial charge in [-0.15, -0.1) is 24.8 Å². The highest BCUT2D eigenvalue weighted by Gasteiger charge is 2.06. The van der Waals surface area contributed by atoms with Crippen molar-refractivity contribution in [1.82, 2.24) is 4.98 Å². The van der Waals surface area contributed by atoms with Crippen LogP contribution in [0.15, 0.2) is 18.3 Å². The Labute approximate surface area is 101 Å². The third-order valence-corrected chi connectivity index (χ3v) is 1.65. The summed E-state index contributed by atoms with van der Waals surface area (Å²) in [6, 6.07) is 3.53. The number of esters is 1. The predicted octanol–water partition coefficient (Wildman–Crippen LogP) is 1.21. The molecule has 2 N–H and O–H groups in total. The van der Waals surface area contributed by atoms with Crippen LogP contribution in [0.2, 0.25) is 0 Å². The lowest BCUT2D eigenvalue weighted by Crippen LogP contribution is -2.07. The van der Waals surface area contributed by atoms with Crippen molar-refractivity contribution in [2.75, 3.05) is 13.7 Å². The third-order valence-electron chi connectivity index (χ3n) is 1.65. The second-order valence-electron chi connectivity index (χ2n) is 2.58. The van der Waals surface area contributed by atoms with Gasteiger partial charge in [0.15, 0.2) is 0 Å². The van der Waals surface area contributed by atoms with Crippen molar-refractivity contribution in [3.05, 3.63) is 29.6 Å². The lowest BCUT2D eigenvalue weighted by Gasteiger charge is -2.01. The molecule has 0 atom stereocenters. The average molecular weight is 253 g/mol. The summed E-state index contributed by atoms with van der Waals surface area (Å²) in [7, 11) is 1.33. The van der Waals surface area contributed by atoms with Gasteiger partial charge in [-0.3, -0.25) is 0 Å². The Morgan fingerprint density at radius 1 is 1.53 bits per heavy atom. The minimum Gasteiger partial charge on any atom is -0.464 e. The summed E-state index contributed by atoms with van der Waals surface area (Å²) in [6.07, 6.45) is 2.32. The number of rotatable bonds is 3. The second-order valence-corrected chi connectivity index (χ2v) is 2.58. The van der Waals surface area contributed by atoms with E-state index in [0.29, 0.717) is 12.2 Å². The lowest BCUT2D eigenvalue weighted by molar-refractivity contribution is 0.0594. The van der Waals surface area contributed by atoms with Gasteiger partial charge >= 0.3 is 5.97 Å². The minimum atomic E-state index is -0.418. The van der Waals surface area contributed by atoms with Crippen LogP contribution in [0.3, 0.4) is 0 Å². The zero-order valence-corrected chi connectivity index (χ0v) is 9.94. The van der Waals surface area contributed by atoms with E-state index in [0.717, 1.165) is 12.0 Å². The van der Waals surface area contributed by atoms with Crippen LogP contribution in [-0.4, -0.2) is 24.6 Å². The highest BCUT2D eigenvalue weighted by molar-refractivity contribution is 5.87. The van der Waals surface area contributed by atoms with Gasteiger partial charge < -0.3 is 10.5 Å². The van der Waals surface area contributed by atoms with Crippen LogP contribution in [0.5, 0.6) is 0 Å². The topological polar surface area (TPSA) is 65.2 Å². The van der Waals surface area contributed by atoms with E-state index in [-0.39, 0.29) is 24.8 Å². The average Bonchev–Trinajstić information content (AvgIpc) is 2.18.